The Balaban J connectivity index is 1.14. The SMILES string of the molecule is O=C(/N=C1\SCC(=O)N1c1cc(Cl)ccc1COCc1ccccc1)Nc1ccc(-c2ncn(-c3ccc(OC(F)(F)F)cc3)n2)cc1F. The lowest BCUT2D eigenvalue weighted by Gasteiger charge is -2.20. The van der Waals surface area contributed by atoms with Gasteiger partial charge >= 0.3 is 12.4 Å². The van der Waals surface area contributed by atoms with Gasteiger partial charge in [-0.1, -0.05) is 59.8 Å². The van der Waals surface area contributed by atoms with E-state index in [-0.39, 0.29) is 40.5 Å². The van der Waals surface area contributed by atoms with Crippen LogP contribution in [0, 0.1) is 5.82 Å². The van der Waals surface area contributed by atoms with E-state index < -0.39 is 24.0 Å². The fourth-order valence-corrected chi connectivity index (χ4v) is 5.73. The summed E-state index contributed by atoms with van der Waals surface area (Å²) in [5.41, 5.74) is 2.51. The zero-order valence-corrected chi connectivity index (χ0v) is 26.6. The zero-order valence-electron chi connectivity index (χ0n) is 25.0. The molecule has 10 nitrogen and oxygen atoms in total. The van der Waals surface area contributed by atoms with Crippen molar-refractivity contribution in [3.63, 3.8) is 0 Å². The quantitative estimate of drug-likeness (QED) is 0.154. The molecule has 1 saturated heterocycles. The van der Waals surface area contributed by atoms with Crippen LogP contribution in [0.25, 0.3) is 17.1 Å². The average Bonchev–Trinajstić information content (AvgIpc) is 3.70. The lowest BCUT2D eigenvalue weighted by molar-refractivity contribution is -0.274. The number of hydrogen-bond acceptors (Lipinski definition) is 7. The Kier molecular flexibility index (Phi) is 9.94. The van der Waals surface area contributed by atoms with E-state index in [0.717, 1.165) is 35.5 Å². The van der Waals surface area contributed by atoms with Crippen molar-refractivity contribution in [3.8, 4) is 22.8 Å². The Morgan fingerprint density at radius 1 is 1.00 bits per heavy atom. The van der Waals surface area contributed by atoms with E-state index in [1.165, 1.54) is 40.2 Å². The number of thioether (sulfide) groups is 1. The predicted octanol–water partition coefficient (Wildman–Crippen LogP) is 8.01. The fraction of sp³-hybridized carbons (Fsp3) is 0.121. The van der Waals surface area contributed by atoms with Crippen molar-refractivity contribution in [2.75, 3.05) is 16.0 Å². The van der Waals surface area contributed by atoms with Gasteiger partial charge in [-0.15, -0.1) is 18.3 Å². The maximum absolute atomic E-state index is 15.1. The van der Waals surface area contributed by atoms with E-state index in [1.54, 1.807) is 18.2 Å². The first-order valence-corrected chi connectivity index (χ1v) is 15.7. The third-order valence-electron chi connectivity index (χ3n) is 6.92. The van der Waals surface area contributed by atoms with E-state index in [1.807, 2.05) is 30.3 Å². The second-order valence-electron chi connectivity index (χ2n) is 10.3. The normalized spacial score (nSPS) is 14.0. The first kappa shape index (κ1) is 33.6. The third-order valence-corrected chi connectivity index (χ3v) is 8.07. The Labute approximate surface area is 285 Å². The van der Waals surface area contributed by atoms with E-state index in [9.17, 15) is 22.8 Å². The van der Waals surface area contributed by atoms with Gasteiger partial charge in [0.2, 0.25) is 5.91 Å². The molecular formula is C33H23ClF4N6O4S. The second-order valence-corrected chi connectivity index (χ2v) is 11.7. The minimum Gasteiger partial charge on any atom is -0.406 e. The summed E-state index contributed by atoms with van der Waals surface area (Å²) in [7, 11) is 0. The summed E-state index contributed by atoms with van der Waals surface area (Å²) in [6.45, 7) is 0.498. The topological polar surface area (TPSA) is 111 Å². The molecule has 49 heavy (non-hydrogen) atoms. The van der Waals surface area contributed by atoms with Crippen LogP contribution in [0.5, 0.6) is 5.75 Å². The van der Waals surface area contributed by atoms with Gasteiger partial charge in [-0.2, -0.15) is 4.99 Å². The van der Waals surface area contributed by atoms with Gasteiger partial charge in [0.15, 0.2) is 11.0 Å². The van der Waals surface area contributed by atoms with Crippen molar-refractivity contribution >= 4 is 51.8 Å². The van der Waals surface area contributed by atoms with Gasteiger partial charge in [-0.3, -0.25) is 9.69 Å². The molecule has 4 aromatic carbocycles. The highest BCUT2D eigenvalue weighted by atomic mass is 35.5. The molecule has 0 aliphatic carbocycles. The molecule has 0 unspecified atom stereocenters. The smallest absolute Gasteiger partial charge is 0.406 e. The van der Waals surface area contributed by atoms with Crippen molar-refractivity contribution in [2.24, 2.45) is 4.99 Å². The number of amidine groups is 1. The number of carbonyl (C=O) groups excluding carboxylic acids is 2. The average molecular weight is 711 g/mol. The highest BCUT2D eigenvalue weighted by molar-refractivity contribution is 8.15. The summed E-state index contributed by atoms with van der Waals surface area (Å²) < 4.78 is 63.5. The number of carbonyl (C=O) groups is 2. The molecule has 1 N–H and O–H groups in total. The van der Waals surface area contributed by atoms with Crippen LogP contribution in [0.15, 0.2) is 102 Å². The summed E-state index contributed by atoms with van der Waals surface area (Å²) in [6, 6.07) is 22.5. The summed E-state index contributed by atoms with van der Waals surface area (Å²) in [4.78, 5) is 35.4. The number of urea groups is 1. The molecule has 0 spiro atoms. The number of halogens is 5. The van der Waals surface area contributed by atoms with Gasteiger partial charge in [0.25, 0.3) is 0 Å². The number of nitrogens with zero attached hydrogens (tertiary/aromatic N) is 5. The first-order chi connectivity index (χ1) is 23.5. The molecule has 3 amide bonds. The van der Waals surface area contributed by atoms with Gasteiger partial charge in [-0.05, 0) is 60.2 Å². The molecule has 1 aromatic heterocycles. The Morgan fingerprint density at radius 2 is 1.78 bits per heavy atom. The van der Waals surface area contributed by atoms with Crippen LogP contribution in [0.1, 0.15) is 11.1 Å². The van der Waals surface area contributed by atoms with Crippen molar-refractivity contribution in [2.45, 2.75) is 19.6 Å². The van der Waals surface area contributed by atoms with E-state index >= 15 is 4.39 Å². The summed E-state index contributed by atoms with van der Waals surface area (Å²) in [6.07, 6.45) is -3.51. The summed E-state index contributed by atoms with van der Waals surface area (Å²) in [5, 5.41) is 7.09. The monoisotopic (exact) mass is 710 g/mol. The largest absolute Gasteiger partial charge is 0.573 e. The number of aliphatic imine (C=N–C) groups is 1. The highest BCUT2D eigenvalue weighted by Gasteiger charge is 2.33. The maximum Gasteiger partial charge on any atom is 0.573 e. The van der Waals surface area contributed by atoms with Gasteiger partial charge in [0, 0.05) is 16.1 Å². The van der Waals surface area contributed by atoms with Crippen LogP contribution in [0.4, 0.5) is 33.7 Å². The number of rotatable bonds is 9. The lowest BCUT2D eigenvalue weighted by atomic mass is 10.1. The van der Waals surface area contributed by atoms with Crippen LogP contribution in [-0.2, 0) is 22.7 Å². The molecule has 0 radical (unpaired) electrons. The fourth-order valence-electron chi connectivity index (χ4n) is 4.71. The van der Waals surface area contributed by atoms with E-state index in [4.69, 9.17) is 16.3 Å². The molecule has 2 heterocycles. The number of aromatic nitrogens is 3. The molecule has 5 aromatic rings. The minimum atomic E-state index is -4.82. The number of anilines is 2. The van der Waals surface area contributed by atoms with Crippen molar-refractivity contribution in [1.82, 2.24) is 14.8 Å². The second kappa shape index (κ2) is 14.5. The van der Waals surface area contributed by atoms with Crippen LogP contribution in [0.3, 0.4) is 0 Å². The summed E-state index contributed by atoms with van der Waals surface area (Å²) in [5.74, 6) is -1.39. The Hall–Kier alpha value is -5.25. The predicted molar refractivity (Wildman–Crippen MR) is 176 cm³/mol. The number of nitrogens with one attached hydrogen (secondary N) is 1. The van der Waals surface area contributed by atoms with Crippen molar-refractivity contribution in [3.05, 3.63) is 119 Å². The van der Waals surface area contributed by atoms with Crippen molar-refractivity contribution < 1.29 is 36.6 Å². The molecule has 0 atom stereocenters. The highest BCUT2D eigenvalue weighted by Crippen LogP contribution is 2.33. The molecule has 1 fully saturated rings. The molecule has 1 aliphatic heterocycles. The van der Waals surface area contributed by atoms with E-state index in [0.29, 0.717) is 28.6 Å². The first-order valence-electron chi connectivity index (χ1n) is 14.4. The number of alkyl halides is 3. The zero-order chi connectivity index (χ0) is 34.5. The van der Waals surface area contributed by atoms with E-state index in [2.05, 4.69) is 25.1 Å². The molecule has 0 bridgehead atoms. The molecule has 16 heteroatoms. The molecular weight excluding hydrogens is 688 g/mol. The molecule has 250 valence electrons. The van der Waals surface area contributed by atoms with Crippen LogP contribution >= 0.6 is 23.4 Å². The van der Waals surface area contributed by atoms with Crippen LogP contribution in [0.2, 0.25) is 5.02 Å². The third kappa shape index (κ3) is 8.43. The molecule has 6 rings (SSSR count). The summed E-state index contributed by atoms with van der Waals surface area (Å²) >= 11 is 7.32. The van der Waals surface area contributed by atoms with Crippen LogP contribution in [-0.4, -0.2) is 44.0 Å². The van der Waals surface area contributed by atoms with Crippen LogP contribution < -0.4 is 15.0 Å². The number of hydrogen-bond donors (Lipinski definition) is 1. The van der Waals surface area contributed by atoms with Gasteiger partial charge in [0.05, 0.1) is 36.0 Å². The molecule has 1 aliphatic rings. The minimum absolute atomic E-state index is 0.0249. The number of amides is 3. The van der Waals surface area contributed by atoms with Gasteiger partial charge in [-0.25, -0.2) is 18.9 Å². The Morgan fingerprint density at radius 3 is 2.51 bits per heavy atom. The lowest BCUT2D eigenvalue weighted by Crippen LogP contribution is -2.31. The molecule has 0 saturated carbocycles. The standard InChI is InChI=1S/C33H23ClF4N6O4S/c34-23-8-6-22(17-47-16-20-4-2-1-3-5-20)28(15-23)44-29(45)18-49-32(44)41-31(46)40-27-13-7-21(14-26(27)35)30-39-19-43(42-30)24-9-11-25(12-10-24)48-33(36,37)38/h1-15,19H,16-18H2,(H,40,46)/b41-32-. The van der Waals surface area contributed by atoms with Gasteiger partial charge in [0.1, 0.15) is 17.9 Å². The number of ether oxygens (including phenoxy) is 2. The number of benzene rings is 4. The maximum atomic E-state index is 15.1. The van der Waals surface area contributed by atoms with Crippen molar-refractivity contribution in [1.29, 1.82) is 0 Å². The Bertz CT molecular complexity index is 2030. The van der Waals surface area contributed by atoms with Gasteiger partial charge < -0.3 is 14.8 Å².